The van der Waals surface area contributed by atoms with Crippen molar-refractivity contribution < 1.29 is 4.79 Å². The standard InChI is InChI=1S/C21H22N2OS/c1-3-15-5-7-17(8-6-15)13-19-14-22-21(25-19)23-20(24)18-11-9-16(4-2)10-12-18/h5-12,14H,3-4,13H2,1-2H3,(H,22,23,24). The zero-order chi connectivity index (χ0) is 17.6. The van der Waals surface area contributed by atoms with Gasteiger partial charge in [-0.15, -0.1) is 11.3 Å². The summed E-state index contributed by atoms with van der Waals surface area (Å²) < 4.78 is 0. The van der Waals surface area contributed by atoms with Crippen LogP contribution in [0.1, 0.15) is 45.8 Å². The Balaban J connectivity index is 1.63. The summed E-state index contributed by atoms with van der Waals surface area (Å²) in [5.41, 5.74) is 4.48. The molecular weight excluding hydrogens is 328 g/mol. The molecule has 1 heterocycles. The van der Waals surface area contributed by atoms with Crippen molar-refractivity contribution in [3.8, 4) is 0 Å². The summed E-state index contributed by atoms with van der Waals surface area (Å²) in [6.45, 7) is 4.25. The second kappa shape index (κ2) is 8.08. The van der Waals surface area contributed by atoms with Gasteiger partial charge in [0.05, 0.1) is 0 Å². The molecule has 25 heavy (non-hydrogen) atoms. The molecule has 3 nitrogen and oxygen atoms in total. The molecule has 0 fully saturated rings. The van der Waals surface area contributed by atoms with Gasteiger partial charge in [-0.25, -0.2) is 4.98 Å². The maximum atomic E-state index is 12.3. The molecule has 4 heteroatoms. The number of aromatic nitrogens is 1. The van der Waals surface area contributed by atoms with E-state index in [1.807, 2.05) is 30.5 Å². The largest absolute Gasteiger partial charge is 0.298 e. The van der Waals surface area contributed by atoms with Crippen LogP contribution in [0.4, 0.5) is 5.13 Å². The van der Waals surface area contributed by atoms with Gasteiger partial charge in [0.15, 0.2) is 5.13 Å². The first-order valence-electron chi connectivity index (χ1n) is 8.60. The molecule has 1 N–H and O–H groups in total. The summed E-state index contributed by atoms with van der Waals surface area (Å²) in [6.07, 6.45) is 4.70. The average Bonchev–Trinajstić information content (AvgIpc) is 3.09. The number of hydrogen-bond acceptors (Lipinski definition) is 3. The minimum absolute atomic E-state index is 0.115. The van der Waals surface area contributed by atoms with Crippen LogP contribution >= 0.6 is 11.3 Å². The molecule has 1 aromatic heterocycles. The number of amides is 1. The highest BCUT2D eigenvalue weighted by Crippen LogP contribution is 2.22. The minimum Gasteiger partial charge on any atom is -0.298 e. The summed E-state index contributed by atoms with van der Waals surface area (Å²) in [5, 5.41) is 3.53. The third-order valence-corrected chi connectivity index (χ3v) is 5.12. The molecule has 2 aromatic carbocycles. The molecule has 0 aliphatic rings. The van der Waals surface area contributed by atoms with Crippen molar-refractivity contribution in [2.24, 2.45) is 0 Å². The molecule has 0 atom stereocenters. The number of hydrogen-bond donors (Lipinski definition) is 1. The Hall–Kier alpha value is -2.46. The minimum atomic E-state index is -0.115. The fraction of sp³-hybridized carbons (Fsp3) is 0.238. The Bertz CT molecular complexity index is 835. The highest BCUT2D eigenvalue weighted by atomic mass is 32.1. The molecule has 3 rings (SSSR count). The van der Waals surface area contributed by atoms with E-state index in [0.717, 1.165) is 24.1 Å². The fourth-order valence-corrected chi connectivity index (χ4v) is 3.44. The quantitative estimate of drug-likeness (QED) is 0.671. The van der Waals surface area contributed by atoms with Crippen LogP contribution in [-0.4, -0.2) is 10.9 Å². The molecule has 128 valence electrons. The van der Waals surface area contributed by atoms with Crippen LogP contribution in [-0.2, 0) is 19.3 Å². The predicted molar refractivity (Wildman–Crippen MR) is 105 cm³/mol. The first-order valence-corrected chi connectivity index (χ1v) is 9.42. The summed E-state index contributed by atoms with van der Waals surface area (Å²) in [4.78, 5) is 17.8. The lowest BCUT2D eigenvalue weighted by Crippen LogP contribution is -2.11. The van der Waals surface area contributed by atoms with Crippen molar-refractivity contribution in [3.05, 3.63) is 81.9 Å². The van der Waals surface area contributed by atoms with Crippen molar-refractivity contribution in [2.75, 3.05) is 5.32 Å². The summed E-state index contributed by atoms with van der Waals surface area (Å²) in [5.74, 6) is -0.115. The molecule has 0 spiro atoms. The topological polar surface area (TPSA) is 42.0 Å². The normalized spacial score (nSPS) is 10.6. The van der Waals surface area contributed by atoms with Crippen molar-refractivity contribution in [1.82, 2.24) is 4.98 Å². The lowest BCUT2D eigenvalue weighted by atomic mass is 10.1. The van der Waals surface area contributed by atoms with Gasteiger partial charge in [0.1, 0.15) is 0 Å². The second-order valence-corrected chi connectivity index (χ2v) is 7.10. The Kier molecular flexibility index (Phi) is 5.61. The van der Waals surface area contributed by atoms with Crippen molar-refractivity contribution in [2.45, 2.75) is 33.1 Å². The molecule has 0 unspecified atom stereocenters. The second-order valence-electron chi connectivity index (χ2n) is 5.98. The highest BCUT2D eigenvalue weighted by Gasteiger charge is 2.09. The lowest BCUT2D eigenvalue weighted by Gasteiger charge is -2.03. The summed E-state index contributed by atoms with van der Waals surface area (Å²) >= 11 is 1.53. The van der Waals surface area contributed by atoms with Crippen LogP contribution in [0.3, 0.4) is 0 Å². The smallest absolute Gasteiger partial charge is 0.257 e. The number of rotatable bonds is 6. The van der Waals surface area contributed by atoms with E-state index in [-0.39, 0.29) is 5.91 Å². The fourth-order valence-electron chi connectivity index (χ4n) is 2.60. The van der Waals surface area contributed by atoms with Crippen LogP contribution in [0.2, 0.25) is 0 Å². The number of nitrogens with one attached hydrogen (secondary N) is 1. The van der Waals surface area contributed by atoms with E-state index in [9.17, 15) is 4.79 Å². The van der Waals surface area contributed by atoms with E-state index in [1.165, 1.54) is 28.0 Å². The average molecular weight is 350 g/mol. The van der Waals surface area contributed by atoms with Gasteiger partial charge in [0, 0.05) is 23.1 Å². The zero-order valence-corrected chi connectivity index (χ0v) is 15.4. The Morgan fingerprint density at radius 2 is 1.48 bits per heavy atom. The van der Waals surface area contributed by atoms with Crippen LogP contribution in [0.25, 0.3) is 0 Å². The Morgan fingerprint density at radius 1 is 0.920 bits per heavy atom. The van der Waals surface area contributed by atoms with Gasteiger partial charge in [-0.3, -0.25) is 10.1 Å². The van der Waals surface area contributed by atoms with Gasteiger partial charge >= 0.3 is 0 Å². The maximum Gasteiger partial charge on any atom is 0.257 e. The van der Waals surface area contributed by atoms with Crippen LogP contribution in [0.15, 0.2) is 54.7 Å². The number of thiazole rings is 1. The number of carbonyl (C=O) groups excluding carboxylic acids is 1. The first-order chi connectivity index (χ1) is 12.2. The molecule has 0 saturated carbocycles. The summed E-state index contributed by atoms with van der Waals surface area (Å²) in [6, 6.07) is 16.3. The number of aryl methyl sites for hydroxylation is 2. The third kappa shape index (κ3) is 4.54. The molecular formula is C21H22N2OS. The molecule has 0 saturated heterocycles. The third-order valence-electron chi connectivity index (χ3n) is 4.21. The van der Waals surface area contributed by atoms with E-state index >= 15 is 0 Å². The maximum absolute atomic E-state index is 12.3. The Morgan fingerprint density at radius 3 is 2.08 bits per heavy atom. The molecule has 0 bridgehead atoms. The summed E-state index contributed by atoms with van der Waals surface area (Å²) in [7, 11) is 0. The van der Waals surface area contributed by atoms with Crippen molar-refractivity contribution >= 4 is 22.4 Å². The van der Waals surface area contributed by atoms with E-state index in [4.69, 9.17) is 0 Å². The zero-order valence-electron chi connectivity index (χ0n) is 14.6. The van der Waals surface area contributed by atoms with Crippen LogP contribution in [0.5, 0.6) is 0 Å². The number of anilines is 1. The molecule has 0 aliphatic heterocycles. The van der Waals surface area contributed by atoms with Gasteiger partial charge in [0.2, 0.25) is 0 Å². The van der Waals surface area contributed by atoms with E-state index in [0.29, 0.717) is 10.7 Å². The lowest BCUT2D eigenvalue weighted by molar-refractivity contribution is 0.102. The number of carbonyl (C=O) groups is 1. The first kappa shape index (κ1) is 17.4. The number of nitrogens with zero attached hydrogens (tertiary/aromatic N) is 1. The van der Waals surface area contributed by atoms with Gasteiger partial charge in [-0.2, -0.15) is 0 Å². The predicted octanol–water partition coefficient (Wildman–Crippen LogP) is 5.11. The van der Waals surface area contributed by atoms with Gasteiger partial charge < -0.3 is 0 Å². The van der Waals surface area contributed by atoms with Crippen molar-refractivity contribution in [1.29, 1.82) is 0 Å². The number of benzene rings is 2. The highest BCUT2D eigenvalue weighted by molar-refractivity contribution is 7.15. The Labute approximate surface area is 152 Å². The van der Waals surface area contributed by atoms with Crippen molar-refractivity contribution in [3.63, 3.8) is 0 Å². The molecule has 0 radical (unpaired) electrons. The van der Waals surface area contributed by atoms with Crippen LogP contribution in [0, 0.1) is 0 Å². The van der Waals surface area contributed by atoms with Gasteiger partial charge in [-0.1, -0.05) is 50.2 Å². The van der Waals surface area contributed by atoms with E-state index in [2.05, 4.69) is 48.4 Å². The molecule has 3 aromatic rings. The van der Waals surface area contributed by atoms with E-state index in [1.54, 1.807) is 0 Å². The molecule has 1 amide bonds. The SMILES string of the molecule is CCc1ccc(Cc2cnc(NC(=O)c3ccc(CC)cc3)s2)cc1. The van der Waals surface area contributed by atoms with Gasteiger partial charge in [0.25, 0.3) is 5.91 Å². The monoisotopic (exact) mass is 350 g/mol. The van der Waals surface area contributed by atoms with Crippen LogP contribution < -0.4 is 5.32 Å². The van der Waals surface area contributed by atoms with Gasteiger partial charge in [-0.05, 0) is 41.7 Å². The van der Waals surface area contributed by atoms with E-state index < -0.39 is 0 Å². The molecule has 0 aliphatic carbocycles.